The van der Waals surface area contributed by atoms with Gasteiger partial charge in [0.15, 0.2) is 10.9 Å². The summed E-state index contributed by atoms with van der Waals surface area (Å²) in [5.74, 6) is 0.128. The number of aliphatic hydroxyl groups is 1. The predicted octanol–water partition coefficient (Wildman–Crippen LogP) is 1.96. The third kappa shape index (κ3) is 2.91. The van der Waals surface area contributed by atoms with E-state index >= 15 is 0 Å². The summed E-state index contributed by atoms with van der Waals surface area (Å²) < 4.78 is 44.9. The summed E-state index contributed by atoms with van der Waals surface area (Å²) in [4.78, 5) is 3.61. The van der Waals surface area contributed by atoms with Gasteiger partial charge in [0, 0.05) is 12.1 Å². The normalized spacial score (nSPS) is 23.1. The average molecular weight is 352 g/mol. The third-order valence-electron chi connectivity index (χ3n) is 3.92. The van der Waals surface area contributed by atoms with E-state index in [1.54, 1.807) is 6.08 Å². The van der Waals surface area contributed by atoms with Gasteiger partial charge in [0.25, 0.3) is 0 Å². The maximum Gasteiger partial charge on any atom is 0.424 e. The number of nitrogens with two attached hydrogens (primary N) is 2. The molecular weight excluding hydrogens is 335 g/mol. The van der Waals surface area contributed by atoms with Gasteiger partial charge in [-0.15, -0.1) is 6.58 Å². The standard InChI is InChI=1S/C14H17ClF3N3O2/c1-2-3-4-12(20)7-23-10-8(12)5-9(21-11(10)15)13(22,6-19)14(16,17)18/h2,5,22H,1,3-4,6-7,19-20H2. The number of halogens is 4. The first-order chi connectivity index (χ1) is 10.6. The van der Waals surface area contributed by atoms with Crippen LogP contribution in [0.2, 0.25) is 5.15 Å². The van der Waals surface area contributed by atoms with E-state index in [0.29, 0.717) is 12.8 Å². The van der Waals surface area contributed by atoms with Crippen LogP contribution in [-0.2, 0) is 11.1 Å². The minimum Gasteiger partial charge on any atom is -0.488 e. The summed E-state index contributed by atoms with van der Waals surface area (Å²) in [6.45, 7) is 2.54. The number of pyridine rings is 1. The molecule has 0 saturated carbocycles. The van der Waals surface area contributed by atoms with Crippen molar-refractivity contribution in [3.05, 3.63) is 35.1 Å². The molecule has 0 fully saturated rings. The highest BCUT2D eigenvalue weighted by Crippen LogP contribution is 2.45. The summed E-state index contributed by atoms with van der Waals surface area (Å²) in [7, 11) is 0. The van der Waals surface area contributed by atoms with Crippen LogP contribution in [0.1, 0.15) is 24.1 Å². The highest BCUT2D eigenvalue weighted by atomic mass is 35.5. The van der Waals surface area contributed by atoms with Gasteiger partial charge in [-0.1, -0.05) is 17.7 Å². The monoisotopic (exact) mass is 351 g/mol. The van der Waals surface area contributed by atoms with Crippen molar-refractivity contribution in [3.8, 4) is 5.75 Å². The Balaban J connectivity index is 2.57. The van der Waals surface area contributed by atoms with Crippen LogP contribution in [0, 0.1) is 0 Å². The largest absolute Gasteiger partial charge is 0.488 e. The number of alkyl halides is 3. The van der Waals surface area contributed by atoms with Crippen molar-refractivity contribution in [1.82, 2.24) is 4.98 Å². The van der Waals surface area contributed by atoms with Crippen LogP contribution in [-0.4, -0.2) is 29.4 Å². The van der Waals surface area contributed by atoms with Crippen molar-refractivity contribution in [3.63, 3.8) is 0 Å². The minimum atomic E-state index is -5.01. The van der Waals surface area contributed by atoms with E-state index in [0.717, 1.165) is 6.07 Å². The second-order valence-corrected chi connectivity index (χ2v) is 5.87. The molecule has 0 aromatic carbocycles. The predicted molar refractivity (Wildman–Crippen MR) is 79.0 cm³/mol. The SMILES string of the molecule is C=CCCC1(N)COc2c1cc(C(O)(CN)C(F)(F)F)nc2Cl. The Labute approximate surface area is 136 Å². The van der Waals surface area contributed by atoms with Crippen LogP contribution in [0.3, 0.4) is 0 Å². The van der Waals surface area contributed by atoms with Gasteiger partial charge in [-0.3, -0.25) is 0 Å². The molecule has 0 aliphatic carbocycles. The Bertz CT molecular complexity index is 626. The lowest BCUT2D eigenvalue weighted by molar-refractivity contribution is -0.263. The molecule has 9 heteroatoms. The Morgan fingerprint density at radius 1 is 1.52 bits per heavy atom. The van der Waals surface area contributed by atoms with E-state index in [1.165, 1.54) is 0 Å². The number of aromatic nitrogens is 1. The molecule has 23 heavy (non-hydrogen) atoms. The van der Waals surface area contributed by atoms with Gasteiger partial charge in [0.05, 0.1) is 11.2 Å². The van der Waals surface area contributed by atoms with Gasteiger partial charge in [0.1, 0.15) is 6.61 Å². The van der Waals surface area contributed by atoms with Crippen LogP contribution in [0.15, 0.2) is 18.7 Å². The first-order valence-corrected chi connectivity index (χ1v) is 7.20. The van der Waals surface area contributed by atoms with Crippen molar-refractivity contribution in [2.24, 2.45) is 11.5 Å². The molecule has 0 amide bonds. The topological polar surface area (TPSA) is 94.4 Å². The van der Waals surface area contributed by atoms with E-state index in [-0.39, 0.29) is 23.1 Å². The molecule has 0 radical (unpaired) electrons. The fraction of sp³-hybridized carbons (Fsp3) is 0.500. The maximum absolute atomic E-state index is 13.2. The van der Waals surface area contributed by atoms with Gasteiger partial charge in [-0.2, -0.15) is 13.2 Å². The van der Waals surface area contributed by atoms with Crippen molar-refractivity contribution in [1.29, 1.82) is 0 Å². The van der Waals surface area contributed by atoms with Crippen molar-refractivity contribution in [2.45, 2.75) is 30.2 Å². The Morgan fingerprint density at radius 2 is 2.17 bits per heavy atom. The molecule has 5 N–H and O–H groups in total. The quantitative estimate of drug-likeness (QED) is 0.557. The zero-order valence-corrected chi connectivity index (χ0v) is 12.9. The van der Waals surface area contributed by atoms with E-state index in [4.69, 9.17) is 27.8 Å². The zero-order valence-electron chi connectivity index (χ0n) is 12.2. The number of allylic oxidation sites excluding steroid dienone is 1. The van der Waals surface area contributed by atoms with Gasteiger partial charge < -0.3 is 21.3 Å². The lowest BCUT2D eigenvalue weighted by atomic mass is 9.86. The van der Waals surface area contributed by atoms with Crippen molar-refractivity contribution in [2.75, 3.05) is 13.2 Å². The number of hydrogen-bond donors (Lipinski definition) is 3. The number of fused-ring (bicyclic) bond motifs is 1. The minimum absolute atomic E-state index is 0.0497. The Kier molecular flexibility index (Phi) is 4.64. The third-order valence-corrected chi connectivity index (χ3v) is 4.18. The highest BCUT2D eigenvalue weighted by Gasteiger charge is 2.56. The van der Waals surface area contributed by atoms with Crippen LogP contribution in [0.5, 0.6) is 5.75 Å². The molecule has 2 unspecified atom stereocenters. The number of hydrogen-bond acceptors (Lipinski definition) is 5. The van der Waals surface area contributed by atoms with E-state index in [2.05, 4.69) is 11.6 Å². The molecule has 2 rings (SSSR count). The molecule has 1 aromatic rings. The van der Waals surface area contributed by atoms with Crippen LogP contribution >= 0.6 is 11.6 Å². The summed E-state index contributed by atoms with van der Waals surface area (Å²) in [5, 5.41) is 9.67. The van der Waals surface area contributed by atoms with Gasteiger partial charge in [0.2, 0.25) is 5.60 Å². The molecule has 5 nitrogen and oxygen atoms in total. The first kappa shape index (κ1) is 18.0. The van der Waals surface area contributed by atoms with Gasteiger partial charge in [-0.05, 0) is 18.9 Å². The number of rotatable bonds is 5. The van der Waals surface area contributed by atoms with E-state index in [9.17, 15) is 18.3 Å². The molecule has 0 bridgehead atoms. The van der Waals surface area contributed by atoms with Crippen LogP contribution < -0.4 is 16.2 Å². The van der Waals surface area contributed by atoms with Gasteiger partial charge in [-0.25, -0.2) is 4.98 Å². The van der Waals surface area contributed by atoms with Gasteiger partial charge >= 0.3 is 6.18 Å². The first-order valence-electron chi connectivity index (χ1n) is 6.82. The van der Waals surface area contributed by atoms with E-state index in [1.807, 2.05) is 0 Å². The van der Waals surface area contributed by atoms with Crippen LogP contribution in [0.4, 0.5) is 13.2 Å². The molecule has 128 valence electrons. The van der Waals surface area contributed by atoms with Crippen LogP contribution in [0.25, 0.3) is 0 Å². The maximum atomic E-state index is 13.2. The Hall–Kier alpha value is -1.35. The lowest BCUT2D eigenvalue weighted by Gasteiger charge is -2.30. The molecule has 2 heterocycles. The number of nitrogens with zero attached hydrogens (tertiary/aromatic N) is 1. The molecule has 0 spiro atoms. The second-order valence-electron chi connectivity index (χ2n) is 5.51. The fourth-order valence-corrected chi connectivity index (χ4v) is 2.68. The molecule has 1 aliphatic rings. The lowest BCUT2D eigenvalue weighted by Crippen LogP contribution is -2.49. The summed E-state index contributed by atoms with van der Waals surface area (Å²) in [6, 6.07) is 1.07. The smallest absolute Gasteiger partial charge is 0.424 e. The molecule has 1 aliphatic heterocycles. The summed E-state index contributed by atoms with van der Waals surface area (Å²) >= 11 is 5.92. The molecule has 0 saturated heterocycles. The number of ether oxygens (including phenoxy) is 1. The highest BCUT2D eigenvalue weighted by molar-refractivity contribution is 6.31. The average Bonchev–Trinajstić information content (AvgIpc) is 2.81. The fourth-order valence-electron chi connectivity index (χ4n) is 2.43. The second kappa shape index (κ2) is 5.94. The zero-order chi connectivity index (χ0) is 17.5. The summed E-state index contributed by atoms with van der Waals surface area (Å²) in [5.41, 5.74) is 6.60. The van der Waals surface area contributed by atoms with E-state index < -0.39 is 29.6 Å². The van der Waals surface area contributed by atoms with Crippen molar-refractivity contribution >= 4 is 11.6 Å². The molecule has 1 aromatic heterocycles. The summed E-state index contributed by atoms with van der Waals surface area (Å²) in [6.07, 6.45) is -2.43. The molecule has 2 atom stereocenters. The Morgan fingerprint density at radius 3 is 2.70 bits per heavy atom. The van der Waals surface area contributed by atoms with Crippen molar-refractivity contribution < 1.29 is 23.0 Å². The molecular formula is C14H17ClF3N3O2.